The Bertz CT molecular complexity index is 1150. The highest BCUT2D eigenvalue weighted by Crippen LogP contribution is 2.40. The minimum Gasteiger partial charge on any atom is -0.490 e. The summed E-state index contributed by atoms with van der Waals surface area (Å²) in [5, 5.41) is 7.13. The molecular formula is C33H31NP3-. The molecule has 0 aromatic heterocycles. The van der Waals surface area contributed by atoms with Gasteiger partial charge in [-0.2, -0.15) is 0 Å². The largest absolute Gasteiger partial charge is 0.490 e. The van der Waals surface area contributed by atoms with Crippen LogP contribution in [0.2, 0.25) is 0 Å². The smallest absolute Gasteiger partial charge is 0.0243 e. The van der Waals surface area contributed by atoms with Gasteiger partial charge in [0.05, 0.1) is 0 Å². The Morgan fingerprint density at radius 1 is 0.405 bits per heavy atom. The van der Waals surface area contributed by atoms with E-state index in [1.165, 1.54) is 35.1 Å². The molecule has 5 aromatic carbocycles. The van der Waals surface area contributed by atoms with Crippen molar-refractivity contribution in [3.05, 3.63) is 152 Å². The van der Waals surface area contributed by atoms with Crippen molar-refractivity contribution in [3.63, 3.8) is 0 Å². The fourth-order valence-electron chi connectivity index (χ4n) is 4.31. The summed E-state index contributed by atoms with van der Waals surface area (Å²) in [6, 6.07) is 55.3. The van der Waals surface area contributed by atoms with Crippen LogP contribution in [0.5, 0.6) is 0 Å². The van der Waals surface area contributed by atoms with E-state index in [2.05, 4.69) is 157 Å². The van der Waals surface area contributed by atoms with Gasteiger partial charge in [0.2, 0.25) is 0 Å². The van der Waals surface area contributed by atoms with Gasteiger partial charge in [-0.25, -0.2) is 5.30 Å². The summed E-state index contributed by atoms with van der Waals surface area (Å²) in [5.41, 5.74) is 0. The Hall–Kier alpha value is -2.65. The summed E-state index contributed by atoms with van der Waals surface area (Å²) in [7, 11) is 0.336. The molecule has 37 heavy (non-hydrogen) atoms. The highest BCUT2D eigenvalue weighted by atomic mass is 31.1. The minimum atomic E-state index is -0.507. The molecule has 0 saturated carbocycles. The van der Waals surface area contributed by atoms with E-state index in [0.29, 0.717) is 0 Å². The molecule has 184 valence electrons. The molecule has 1 nitrogen and oxygen atoms in total. The fourth-order valence-corrected chi connectivity index (χ4v) is 10.3. The summed E-state index contributed by atoms with van der Waals surface area (Å²) >= 11 is 0. The molecule has 0 radical (unpaired) electrons. The molecule has 0 unspecified atom stereocenters. The number of hydrogen-bond donors (Lipinski definition) is 0. The molecule has 0 amide bonds. The highest BCUT2D eigenvalue weighted by Gasteiger charge is 2.21. The van der Waals surface area contributed by atoms with Crippen molar-refractivity contribution < 1.29 is 0 Å². The van der Waals surface area contributed by atoms with Gasteiger partial charge in [0.1, 0.15) is 0 Å². The lowest BCUT2D eigenvalue weighted by atomic mass is 10.4. The van der Waals surface area contributed by atoms with Gasteiger partial charge in [0, 0.05) is 12.6 Å². The third-order valence-electron chi connectivity index (χ3n) is 6.16. The lowest BCUT2D eigenvalue weighted by Crippen LogP contribution is -2.32. The van der Waals surface area contributed by atoms with Gasteiger partial charge < -0.3 is 13.5 Å². The summed E-state index contributed by atoms with van der Waals surface area (Å²) in [4.78, 5) is 2.73. The van der Waals surface area contributed by atoms with E-state index in [4.69, 9.17) is 0 Å². The predicted octanol–water partition coefficient (Wildman–Crippen LogP) is 6.70. The molecule has 0 heterocycles. The lowest BCUT2D eigenvalue weighted by molar-refractivity contribution is 0.441. The van der Waals surface area contributed by atoms with Crippen molar-refractivity contribution in [3.8, 4) is 0 Å². The summed E-state index contributed by atoms with van der Waals surface area (Å²) in [6.45, 7) is 0. The summed E-state index contributed by atoms with van der Waals surface area (Å²) < 4.78 is 0. The Labute approximate surface area is 225 Å². The number of benzene rings is 5. The third kappa shape index (κ3) is 7.45. The molecule has 4 heteroatoms. The van der Waals surface area contributed by atoms with E-state index in [0.717, 1.165) is 18.9 Å². The standard InChI is InChI=1S/C33H31NP3/c1-6-16-29(17-7-1)35-26-34(27-36(30-18-8-2-9-19-30)31-20-10-3-11-21-31)28-37(32-22-12-4-13-23-32)33-24-14-5-15-25-33/h1-25H,26-28H2/q-1. The Kier molecular flexibility index (Phi) is 9.67. The average Bonchev–Trinajstić information content (AvgIpc) is 2.99. The van der Waals surface area contributed by atoms with Crippen LogP contribution in [0.4, 0.5) is 0 Å². The van der Waals surface area contributed by atoms with Crippen LogP contribution in [-0.2, 0) is 0 Å². The van der Waals surface area contributed by atoms with Crippen molar-refractivity contribution in [2.45, 2.75) is 0 Å². The van der Waals surface area contributed by atoms with E-state index >= 15 is 0 Å². The molecule has 0 saturated heterocycles. The van der Waals surface area contributed by atoms with Crippen molar-refractivity contribution in [1.82, 2.24) is 4.90 Å². The van der Waals surface area contributed by atoms with Crippen LogP contribution < -0.4 is 26.5 Å². The Morgan fingerprint density at radius 2 is 0.703 bits per heavy atom. The number of rotatable bonds is 11. The van der Waals surface area contributed by atoms with E-state index in [1.807, 2.05) is 0 Å². The molecule has 0 aliphatic heterocycles. The lowest BCUT2D eigenvalue weighted by Gasteiger charge is -2.36. The van der Waals surface area contributed by atoms with E-state index in [9.17, 15) is 0 Å². The maximum Gasteiger partial charge on any atom is 0.0243 e. The fraction of sp³-hybridized carbons (Fsp3) is 0.0909. The number of hydrogen-bond acceptors (Lipinski definition) is 1. The van der Waals surface area contributed by atoms with Crippen LogP contribution >= 0.6 is 24.4 Å². The zero-order valence-electron chi connectivity index (χ0n) is 20.8. The predicted molar refractivity (Wildman–Crippen MR) is 168 cm³/mol. The first-order chi connectivity index (χ1) is 18.4. The molecule has 0 atom stereocenters. The molecule has 5 aromatic rings. The maximum absolute atomic E-state index is 2.73. The molecule has 5 rings (SSSR count). The third-order valence-corrected chi connectivity index (χ3v) is 12.4. The van der Waals surface area contributed by atoms with Crippen molar-refractivity contribution in [2.24, 2.45) is 0 Å². The first kappa shape index (κ1) is 26.0. The quantitative estimate of drug-likeness (QED) is 0.171. The van der Waals surface area contributed by atoms with Gasteiger partial charge in [-0.1, -0.05) is 152 Å². The van der Waals surface area contributed by atoms with E-state index in [1.54, 1.807) is 0 Å². The topological polar surface area (TPSA) is 3.24 Å². The van der Waals surface area contributed by atoms with Crippen LogP contribution in [0.1, 0.15) is 0 Å². The molecule has 0 spiro atoms. The normalized spacial score (nSPS) is 11.6. The van der Waals surface area contributed by atoms with Crippen molar-refractivity contribution in [2.75, 3.05) is 18.9 Å². The molecular weight excluding hydrogens is 503 g/mol. The SMILES string of the molecule is c1ccc([P-]CN(CP(c2ccccc2)c2ccccc2)CP(c2ccccc2)c2ccccc2)cc1. The first-order valence-electron chi connectivity index (χ1n) is 12.6. The second-order valence-electron chi connectivity index (χ2n) is 8.79. The monoisotopic (exact) mass is 534 g/mol. The highest BCUT2D eigenvalue weighted by molar-refractivity contribution is 7.73. The van der Waals surface area contributed by atoms with Gasteiger partial charge in [0.15, 0.2) is 0 Å². The van der Waals surface area contributed by atoms with Crippen LogP contribution in [0, 0.1) is 0 Å². The van der Waals surface area contributed by atoms with E-state index in [-0.39, 0.29) is 0 Å². The second kappa shape index (κ2) is 13.8. The van der Waals surface area contributed by atoms with Crippen LogP contribution in [0.3, 0.4) is 0 Å². The van der Waals surface area contributed by atoms with Crippen LogP contribution in [0.15, 0.2) is 152 Å². The van der Waals surface area contributed by atoms with Gasteiger partial charge in [0.25, 0.3) is 0 Å². The molecule has 0 N–H and O–H groups in total. The summed E-state index contributed by atoms with van der Waals surface area (Å²) in [5.74, 6) is 0. The molecule has 0 aliphatic rings. The molecule has 0 fully saturated rings. The van der Waals surface area contributed by atoms with Gasteiger partial charge in [-0.15, -0.1) is 6.29 Å². The van der Waals surface area contributed by atoms with E-state index < -0.39 is 15.8 Å². The maximum atomic E-state index is 2.73. The zero-order valence-corrected chi connectivity index (χ0v) is 23.5. The second-order valence-corrected chi connectivity index (χ2v) is 14.2. The van der Waals surface area contributed by atoms with Crippen molar-refractivity contribution >= 4 is 50.9 Å². The first-order valence-corrected chi connectivity index (χ1v) is 16.7. The minimum absolute atomic E-state index is 0.507. The van der Waals surface area contributed by atoms with Crippen molar-refractivity contribution in [1.29, 1.82) is 0 Å². The molecule has 0 bridgehead atoms. The van der Waals surface area contributed by atoms with Gasteiger partial charge in [-0.05, 0) is 37.1 Å². The van der Waals surface area contributed by atoms with Crippen LogP contribution in [-0.4, -0.2) is 23.8 Å². The average molecular weight is 535 g/mol. The zero-order chi connectivity index (χ0) is 25.1. The van der Waals surface area contributed by atoms with Crippen LogP contribution in [0.25, 0.3) is 0 Å². The summed E-state index contributed by atoms with van der Waals surface area (Å²) in [6.07, 6.45) is 3.10. The Morgan fingerprint density at radius 3 is 1.03 bits per heavy atom. The van der Waals surface area contributed by atoms with Gasteiger partial charge in [-0.3, -0.25) is 0 Å². The molecule has 0 aliphatic carbocycles. The number of nitrogens with zero attached hydrogens (tertiary/aromatic N) is 1. The van der Waals surface area contributed by atoms with Gasteiger partial charge >= 0.3 is 0 Å². The Balaban J connectivity index is 1.48.